The van der Waals surface area contributed by atoms with Crippen molar-refractivity contribution in [3.05, 3.63) is 63.0 Å². The van der Waals surface area contributed by atoms with Crippen LogP contribution < -0.4 is 4.80 Å². The third kappa shape index (κ3) is 3.83. The number of hydrogen-bond acceptors (Lipinski definition) is 5. The average Bonchev–Trinajstić information content (AvgIpc) is 3.20. The monoisotopic (exact) mass is 448 g/mol. The highest BCUT2D eigenvalue weighted by molar-refractivity contribution is 7.21. The molecule has 2 aromatic carbocycles. The zero-order valence-electron chi connectivity index (χ0n) is 15.1. The van der Waals surface area contributed by atoms with E-state index in [0.717, 1.165) is 21.4 Å². The zero-order chi connectivity index (χ0) is 20.5. The number of ether oxygens (including phenoxy) is 1. The number of thiazole rings is 1. The summed E-state index contributed by atoms with van der Waals surface area (Å²) < 4.78 is 21.7. The van der Waals surface area contributed by atoms with Gasteiger partial charge in [0.25, 0.3) is 5.91 Å². The summed E-state index contributed by atoms with van der Waals surface area (Å²) in [6.45, 7) is 1.81. The number of rotatable bonds is 4. The molecule has 0 saturated carbocycles. The Kier molecular flexibility index (Phi) is 5.49. The van der Waals surface area contributed by atoms with Crippen LogP contribution in [0.5, 0.6) is 0 Å². The van der Waals surface area contributed by atoms with E-state index >= 15 is 0 Å². The highest BCUT2D eigenvalue weighted by atomic mass is 35.5. The number of carbonyl (C=O) groups is 2. The summed E-state index contributed by atoms with van der Waals surface area (Å²) in [5, 5.41) is 1.14. The van der Waals surface area contributed by atoms with Crippen molar-refractivity contribution in [2.45, 2.75) is 13.5 Å². The van der Waals surface area contributed by atoms with Gasteiger partial charge >= 0.3 is 5.97 Å². The molecule has 148 valence electrons. The number of carbonyl (C=O) groups excluding carboxylic acids is 2. The second-order valence-electron chi connectivity index (χ2n) is 6.05. The standard InChI is InChI=1S/C20H14ClFN2O3S2/c1-2-27-16(25)10-24-13-8-7-11(22)9-15(13)29-20(24)23-19(26)18-17(21)12-5-3-4-6-14(12)28-18/h3-9H,2,10H2,1H3. The first-order chi connectivity index (χ1) is 14.0. The molecule has 5 nitrogen and oxygen atoms in total. The predicted octanol–water partition coefficient (Wildman–Crippen LogP) is 5.01. The quantitative estimate of drug-likeness (QED) is 0.412. The van der Waals surface area contributed by atoms with Crippen LogP contribution in [0.15, 0.2) is 47.5 Å². The Labute approximate surface area is 177 Å². The van der Waals surface area contributed by atoms with E-state index in [1.165, 1.54) is 23.5 Å². The van der Waals surface area contributed by atoms with Crippen LogP contribution in [-0.2, 0) is 16.1 Å². The molecule has 1 amide bonds. The molecular formula is C20H14ClFN2O3S2. The van der Waals surface area contributed by atoms with Crippen molar-refractivity contribution in [3.8, 4) is 0 Å². The van der Waals surface area contributed by atoms with Gasteiger partial charge in [0.15, 0.2) is 4.80 Å². The summed E-state index contributed by atoms with van der Waals surface area (Å²) in [4.78, 5) is 29.7. The molecule has 0 fully saturated rings. The molecule has 0 unspecified atom stereocenters. The predicted molar refractivity (Wildman–Crippen MR) is 113 cm³/mol. The average molecular weight is 449 g/mol. The van der Waals surface area contributed by atoms with Crippen LogP contribution in [0.4, 0.5) is 4.39 Å². The van der Waals surface area contributed by atoms with E-state index in [0.29, 0.717) is 20.1 Å². The smallest absolute Gasteiger partial charge is 0.326 e. The molecular weight excluding hydrogens is 435 g/mol. The molecule has 0 aliphatic carbocycles. The number of thiophene rings is 1. The van der Waals surface area contributed by atoms with Crippen LogP contribution in [0.3, 0.4) is 0 Å². The minimum absolute atomic E-state index is 0.133. The summed E-state index contributed by atoms with van der Waals surface area (Å²) in [5.74, 6) is -1.39. The zero-order valence-corrected chi connectivity index (χ0v) is 17.5. The van der Waals surface area contributed by atoms with Crippen molar-refractivity contribution in [1.29, 1.82) is 0 Å². The van der Waals surface area contributed by atoms with Crippen molar-refractivity contribution >= 4 is 66.5 Å². The minimum Gasteiger partial charge on any atom is -0.465 e. The van der Waals surface area contributed by atoms with Gasteiger partial charge in [-0.2, -0.15) is 4.99 Å². The number of aromatic nitrogens is 1. The molecule has 0 bridgehead atoms. The molecule has 0 aliphatic heterocycles. The lowest BCUT2D eigenvalue weighted by atomic mass is 10.2. The molecule has 0 saturated heterocycles. The lowest BCUT2D eigenvalue weighted by Crippen LogP contribution is -2.23. The van der Waals surface area contributed by atoms with Crippen LogP contribution >= 0.6 is 34.3 Å². The third-order valence-electron chi connectivity index (χ3n) is 4.16. The van der Waals surface area contributed by atoms with Crippen LogP contribution in [0.25, 0.3) is 20.3 Å². The van der Waals surface area contributed by atoms with Crippen molar-refractivity contribution in [1.82, 2.24) is 4.57 Å². The van der Waals surface area contributed by atoms with Gasteiger partial charge in [-0.1, -0.05) is 41.1 Å². The fraction of sp³-hybridized carbons (Fsp3) is 0.150. The Morgan fingerprint density at radius 3 is 2.72 bits per heavy atom. The van der Waals surface area contributed by atoms with Gasteiger partial charge in [-0.25, -0.2) is 4.39 Å². The maximum Gasteiger partial charge on any atom is 0.326 e. The summed E-state index contributed by atoms with van der Waals surface area (Å²) in [5.41, 5.74) is 0.596. The van der Waals surface area contributed by atoms with Gasteiger partial charge < -0.3 is 9.30 Å². The fourth-order valence-electron chi connectivity index (χ4n) is 2.91. The first kappa shape index (κ1) is 19.8. The molecule has 0 radical (unpaired) electrons. The van der Waals surface area contributed by atoms with Crippen LogP contribution in [0, 0.1) is 5.82 Å². The van der Waals surface area contributed by atoms with Crippen molar-refractivity contribution < 1.29 is 18.7 Å². The second kappa shape index (κ2) is 8.06. The number of hydrogen-bond donors (Lipinski definition) is 0. The highest BCUT2D eigenvalue weighted by Crippen LogP contribution is 2.35. The summed E-state index contributed by atoms with van der Waals surface area (Å²) in [7, 11) is 0. The van der Waals surface area contributed by atoms with E-state index in [2.05, 4.69) is 4.99 Å². The fourth-order valence-corrected chi connectivity index (χ4v) is 5.36. The summed E-state index contributed by atoms with van der Waals surface area (Å²) in [6, 6.07) is 11.6. The summed E-state index contributed by atoms with van der Waals surface area (Å²) >= 11 is 8.77. The molecule has 0 atom stereocenters. The molecule has 2 heterocycles. The molecule has 2 aromatic heterocycles. The Balaban J connectivity index is 1.84. The van der Waals surface area contributed by atoms with Gasteiger partial charge in [0.2, 0.25) is 0 Å². The molecule has 29 heavy (non-hydrogen) atoms. The topological polar surface area (TPSA) is 60.7 Å². The minimum atomic E-state index is -0.513. The molecule has 4 rings (SSSR count). The van der Waals surface area contributed by atoms with Crippen molar-refractivity contribution in [3.63, 3.8) is 0 Å². The van der Waals surface area contributed by atoms with Gasteiger partial charge in [0.1, 0.15) is 17.2 Å². The maximum atomic E-state index is 13.7. The number of fused-ring (bicyclic) bond motifs is 2. The number of nitrogens with zero attached hydrogens (tertiary/aromatic N) is 2. The Hall–Kier alpha value is -2.55. The molecule has 0 aliphatic rings. The largest absolute Gasteiger partial charge is 0.465 e. The van der Waals surface area contributed by atoms with Crippen LogP contribution in [-0.4, -0.2) is 23.1 Å². The Morgan fingerprint density at radius 1 is 1.17 bits per heavy atom. The van der Waals surface area contributed by atoms with Gasteiger partial charge in [0, 0.05) is 10.1 Å². The maximum absolute atomic E-state index is 13.7. The van der Waals surface area contributed by atoms with Crippen LogP contribution in [0.2, 0.25) is 5.02 Å². The van der Waals surface area contributed by atoms with E-state index in [1.54, 1.807) is 17.6 Å². The molecule has 4 aromatic rings. The van der Waals surface area contributed by atoms with Gasteiger partial charge in [-0.3, -0.25) is 9.59 Å². The van der Waals surface area contributed by atoms with Crippen molar-refractivity contribution in [2.24, 2.45) is 4.99 Å². The van der Waals surface area contributed by atoms with Crippen molar-refractivity contribution in [2.75, 3.05) is 6.61 Å². The third-order valence-corrected chi connectivity index (χ3v) is 6.87. The van der Waals surface area contributed by atoms with Gasteiger partial charge in [-0.15, -0.1) is 11.3 Å². The lowest BCUT2D eigenvalue weighted by molar-refractivity contribution is -0.143. The number of esters is 1. The lowest BCUT2D eigenvalue weighted by Gasteiger charge is -2.05. The summed E-state index contributed by atoms with van der Waals surface area (Å²) in [6.07, 6.45) is 0. The number of amides is 1. The first-order valence-corrected chi connectivity index (χ1v) is 10.7. The normalized spacial score (nSPS) is 12.0. The van der Waals surface area contributed by atoms with Crippen LogP contribution in [0.1, 0.15) is 16.6 Å². The number of benzene rings is 2. The molecule has 9 heteroatoms. The molecule has 0 N–H and O–H groups in total. The van der Waals surface area contributed by atoms with E-state index < -0.39 is 17.7 Å². The highest BCUT2D eigenvalue weighted by Gasteiger charge is 2.18. The first-order valence-electron chi connectivity index (χ1n) is 8.68. The SMILES string of the molecule is CCOC(=O)Cn1c(=NC(=O)c2sc3ccccc3c2Cl)sc2cc(F)ccc21. The van der Waals surface area contributed by atoms with E-state index in [9.17, 15) is 14.0 Å². The molecule has 0 spiro atoms. The van der Waals surface area contributed by atoms with E-state index in [4.69, 9.17) is 16.3 Å². The Bertz CT molecular complexity index is 1320. The number of halogens is 2. The van der Waals surface area contributed by atoms with E-state index in [1.807, 2.05) is 24.3 Å². The second-order valence-corrected chi connectivity index (χ2v) is 8.49. The Morgan fingerprint density at radius 2 is 1.97 bits per heavy atom. The van der Waals surface area contributed by atoms with E-state index in [-0.39, 0.29) is 18.0 Å². The van der Waals surface area contributed by atoms with Gasteiger partial charge in [-0.05, 0) is 31.2 Å². The van der Waals surface area contributed by atoms with Gasteiger partial charge in [0.05, 0.1) is 21.8 Å².